The molecule has 0 aromatic heterocycles. The highest BCUT2D eigenvalue weighted by molar-refractivity contribution is 7.99. The van der Waals surface area contributed by atoms with Crippen LogP contribution in [0.3, 0.4) is 0 Å². The van der Waals surface area contributed by atoms with Crippen LogP contribution < -0.4 is 10.5 Å². The zero-order chi connectivity index (χ0) is 20.7. The van der Waals surface area contributed by atoms with Crippen LogP contribution in [0.5, 0.6) is 0 Å². The number of primary sulfonamides is 1. The third kappa shape index (κ3) is 6.79. The largest absolute Gasteiger partial charge is 0.376 e. The maximum Gasteiger partial charge on any atom is 0.292 e. The van der Waals surface area contributed by atoms with E-state index in [2.05, 4.69) is 5.32 Å². The molecule has 0 spiro atoms. The first kappa shape index (κ1) is 22.2. The van der Waals surface area contributed by atoms with Gasteiger partial charge in [-0.1, -0.05) is 18.2 Å². The molecule has 0 fully saturated rings. The number of benzene rings is 2. The number of nitro benzene ring substituents is 1. The molecule has 3 N–H and O–H groups in total. The molecule has 0 saturated carbocycles. The second-order valence-electron chi connectivity index (χ2n) is 6.54. The van der Waals surface area contributed by atoms with E-state index < -0.39 is 14.9 Å². The van der Waals surface area contributed by atoms with Crippen molar-refractivity contribution in [3.63, 3.8) is 0 Å². The lowest BCUT2D eigenvalue weighted by atomic mass is 10.2. The van der Waals surface area contributed by atoms with Crippen LogP contribution in [0.4, 0.5) is 11.4 Å². The van der Waals surface area contributed by atoms with Gasteiger partial charge < -0.3 is 10.2 Å². The summed E-state index contributed by atoms with van der Waals surface area (Å²) in [6.45, 7) is 0.774. The first-order valence-corrected chi connectivity index (χ1v) is 11.1. The molecular formula is C18H24N4O4S2. The Balaban J connectivity index is 2.26. The summed E-state index contributed by atoms with van der Waals surface area (Å²) < 4.78 is 23.3. The van der Waals surface area contributed by atoms with E-state index in [1.54, 1.807) is 11.8 Å². The van der Waals surface area contributed by atoms with Gasteiger partial charge in [0.2, 0.25) is 10.0 Å². The Morgan fingerprint density at radius 3 is 2.46 bits per heavy atom. The monoisotopic (exact) mass is 424 g/mol. The van der Waals surface area contributed by atoms with Crippen molar-refractivity contribution in [1.29, 1.82) is 0 Å². The van der Waals surface area contributed by atoms with Gasteiger partial charge in [0, 0.05) is 22.8 Å². The number of sulfonamides is 1. The number of anilines is 1. The van der Waals surface area contributed by atoms with Crippen LogP contribution in [0.1, 0.15) is 6.42 Å². The molecule has 0 aliphatic heterocycles. The lowest BCUT2D eigenvalue weighted by Gasteiger charge is -2.22. The van der Waals surface area contributed by atoms with E-state index in [1.807, 2.05) is 49.3 Å². The van der Waals surface area contributed by atoms with Crippen molar-refractivity contribution in [3.8, 4) is 0 Å². The second-order valence-corrected chi connectivity index (χ2v) is 9.19. The van der Waals surface area contributed by atoms with E-state index in [9.17, 15) is 18.5 Å². The van der Waals surface area contributed by atoms with Gasteiger partial charge in [-0.25, -0.2) is 13.6 Å². The smallest absolute Gasteiger partial charge is 0.292 e. The summed E-state index contributed by atoms with van der Waals surface area (Å²) in [4.78, 5) is 13.8. The minimum Gasteiger partial charge on any atom is -0.376 e. The summed E-state index contributed by atoms with van der Waals surface area (Å²) in [6, 6.07) is 13.3. The van der Waals surface area contributed by atoms with Crippen molar-refractivity contribution in [3.05, 3.63) is 58.6 Å². The molecule has 0 radical (unpaired) electrons. The summed E-state index contributed by atoms with van der Waals surface area (Å²) in [5.41, 5.74) is -0.0408. The highest BCUT2D eigenvalue weighted by Gasteiger charge is 2.21. The predicted octanol–water partition coefficient (Wildman–Crippen LogP) is 2.77. The van der Waals surface area contributed by atoms with Crippen LogP contribution in [-0.4, -0.2) is 50.7 Å². The Bertz CT molecular complexity index is 905. The minimum absolute atomic E-state index is 0.109. The molecule has 152 valence electrons. The van der Waals surface area contributed by atoms with Gasteiger partial charge in [0.05, 0.1) is 9.82 Å². The van der Waals surface area contributed by atoms with Gasteiger partial charge in [0.1, 0.15) is 5.69 Å². The fourth-order valence-electron chi connectivity index (χ4n) is 2.51. The highest BCUT2D eigenvalue weighted by atomic mass is 32.2. The fraction of sp³-hybridized carbons (Fsp3) is 0.333. The number of rotatable bonds is 10. The Labute approximate surface area is 169 Å². The van der Waals surface area contributed by atoms with E-state index in [0.717, 1.165) is 30.0 Å². The second kappa shape index (κ2) is 9.87. The predicted molar refractivity (Wildman–Crippen MR) is 112 cm³/mol. The summed E-state index contributed by atoms with van der Waals surface area (Å²) in [5.74, 6) is 0.661. The van der Waals surface area contributed by atoms with Gasteiger partial charge in [-0.3, -0.25) is 10.1 Å². The molecule has 0 bridgehead atoms. The Hall–Kier alpha value is -2.14. The van der Waals surface area contributed by atoms with Crippen molar-refractivity contribution in [2.24, 2.45) is 5.14 Å². The standard InChI is InChI=1S/C18H24N4O4S2/c1-21(2)11-10-14(13-27-15-6-4-3-5-7-15)20-17-12-16(28(19,25)26)8-9-18(17)22(23)24/h3-9,12,14,20H,10-11,13H2,1-2H3,(H2,19,25,26)/t14-/m1/s1. The zero-order valence-corrected chi connectivity index (χ0v) is 17.4. The SMILES string of the molecule is CN(C)CC[C@H](CSc1ccccc1)Nc1cc(S(N)(=O)=O)ccc1[N+](=O)[O-]. The Kier molecular flexibility index (Phi) is 7.81. The van der Waals surface area contributed by atoms with Crippen molar-refractivity contribution >= 4 is 33.2 Å². The van der Waals surface area contributed by atoms with E-state index in [4.69, 9.17) is 5.14 Å². The van der Waals surface area contributed by atoms with Crippen molar-refractivity contribution in [2.75, 3.05) is 31.7 Å². The summed E-state index contributed by atoms with van der Waals surface area (Å²) in [5, 5.41) is 19.7. The molecule has 0 heterocycles. The highest BCUT2D eigenvalue weighted by Crippen LogP contribution is 2.29. The molecule has 0 aliphatic carbocycles. The average Bonchev–Trinajstić information content (AvgIpc) is 2.63. The van der Waals surface area contributed by atoms with Gasteiger partial charge in [-0.2, -0.15) is 0 Å². The fourth-order valence-corrected chi connectivity index (χ4v) is 4.04. The summed E-state index contributed by atoms with van der Waals surface area (Å²) in [6.07, 6.45) is 0.726. The first-order chi connectivity index (χ1) is 13.2. The van der Waals surface area contributed by atoms with Crippen LogP contribution >= 0.6 is 11.8 Å². The number of thioether (sulfide) groups is 1. The molecule has 0 saturated heterocycles. The topological polar surface area (TPSA) is 119 Å². The third-order valence-electron chi connectivity index (χ3n) is 3.97. The molecular weight excluding hydrogens is 400 g/mol. The molecule has 2 aromatic rings. The number of nitro groups is 1. The van der Waals surface area contributed by atoms with Gasteiger partial charge in [-0.15, -0.1) is 11.8 Å². The number of hydrogen-bond donors (Lipinski definition) is 2. The molecule has 0 unspecified atom stereocenters. The molecule has 8 nitrogen and oxygen atoms in total. The normalized spacial score (nSPS) is 12.7. The van der Waals surface area contributed by atoms with E-state index in [0.29, 0.717) is 5.75 Å². The van der Waals surface area contributed by atoms with Crippen molar-refractivity contribution in [2.45, 2.75) is 22.3 Å². The van der Waals surface area contributed by atoms with Crippen LogP contribution in [0.25, 0.3) is 0 Å². The van der Waals surface area contributed by atoms with Crippen LogP contribution in [0, 0.1) is 10.1 Å². The van der Waals surface area contributed by atoms with Crippen LogP contribution in [0.2, 0.25) is 0 Å². The minimum atomic E-state index is -3.96. The zero-order valence-electron chi connectivity index (χ0n) is 15.7. The molecule has 0 amide bonds. The average molecular weight is 425 g/mol. The third-order valence-corrected chi connectivity index (χ3v) is 6.06. The van der Waals surface area contributed by atoms with Gasteiger partial charge in [-0.05, 0) is 51.3 Å². The first-order valence-electron chi connectivity index (χ1n) is 8.57. The van der Waals surface area contributed by atoms with Gasteiger partial charge >= 0.3 is 0 Å². The van der Waals surface area contributed by atoms with Crippen molar-refractivity contribution in [1.82, 2.24) is 4.90 Å². The van der Waals surface area contributed by atoms with E-state index in [1.165, 1.54) is 6.07 Å². The molecule has 28 heavy (non-hydrogen) atoms. The molecule has 0 aliphatic rings. The maximum absolute atomic E-state index is 11.6. The van der Waals surface area contributed by atoms with Crippen LogP contribution in [0.15, 0.2) is 58.3 Å². The quantitative estimate of drug-likeness (QED) is 0.342. The number of hydrogen-bond acceptors (Lipinski definition) is 7. The maximum atomic E-state index is 11.6. The Morgan fingerprint density at radius 1 is 1.21 bits per heavy atom. The number of nitrogens with zero attached hydrogens (tertiary/aromatic N) is 2. The molecule has 1 atom stereocenters. The van der Waals surface area contributed by atoms with Gasteiger partial charge in [0.25, 0.3) is 5.69 Å². The lowest BCUT2D eigenvalue weighted by Crippen LogP contribution is -2.28. The number of nitrogens with two attached hydrogens (primary N) is 1. The van der Waals surface area contributed by atoms with E-state index in [-0.39, 0.29) is 22.3 Å². The lowest BCUT2D eigenvalue weighted by molar-refractivity contribution is -0.384. The van der Waals surface area contributed by atoms with E-state index >= 15 is 0 Å². The Morgan fingerprint density at radius 2 is 1.89 bits per heavy atom. The number of nitrogens with one attached hydrogen (secondary N) is 1. The molecule has 2 rings (SSSR count). The molecule has 2 aromatic carbocycles. The summed E-state index contributed by atoms with van der Waals surface area (Å²) in [7, 11) is -0.0609. The van der Waals surface area contributed by atoms with Crippen molar-refractivity contribution < 1.29 is 13.3 Å². The van der Waals surface area contributed by atoms with Crippen LogP contribution in [-0.2, 0) is 10.0 Å². The molecule has 10 heteroatoms. The van der Waals surface area contributed by atoms with Gasteiger partial charge in [0.15, 0.2) is 0 Å². The summed E-state index contributed by atoms with van der Waals surface area (Å²) >= 11 is 1.63.